The number of hydrogen-bond donors (Lipinski definition) is 2. The molecule has 2 N–H and O–H groups in total. The van der Waals surface area contributed by atoms with Crippen LogP contribution in [0, 0.1) is 10.1 Å². The molecule has 0 aliphatic rings. The average molecular weight is 288 g/mol. The van der Waals surface area contributed by atoms with Crippen molar-refractivity contribution >= 4 is 32.3 Å². The third-order valence-corrected chi connectivity index (χ3v) is 2.00. The minimum atomic E-state index is -1.08. The van der Waals surface area contributed by atoms with Crippen molar-refractivity contribution in [3.05, 3.63) is 39.9 Å². The molecule has 0 unspecified atom stereocenters. The second-order valence-electron chi connectivity index (χ2n) is 2.64. The Morgan fingerprint density at radius 3 is 2.81 bits per heavy atom. The van der Waals surface area contributed by atoms with Gasteiger partial charge in [-0.15, -0.1) is 0 Å². The summed E-state index contributed by atoms with van der Waals surface area (Å²) in [4.78, 5) is 20.1. The molecule has 1 rings (SSSR count). The molecule has 0 amide bonds. The van der Waals surface area contributed by atoms with Crippen LogP contribution in [0.3, 0.4) is 0 Å². The number of nitro groups is 1. The van der Waals surface area contributed by atoms with E-state index in [1.165, 1.54) is 24.3 Å². The molecule has 0 radical (unpaired) electrons. The summed E-state index contributed by atoms with van der Waals surface area (Å²) < 4.78 is -0.492. The number of benzene rings is 1. The minimum absolute atomic E-state index is 0.0671. The Kier molecular flexibility index (Phi) is 3.95. The van der Waals surface area contributed by atoms with E-state index in [0.717, 1.165) is 0 Å². The molecule has 0 saturated carbocycles. The largest absolute Gasteiger partial charge is 0.478 e. The molecule has 1 aromatic carbocycles. The summed E-state index contributed by atoms with van der Waals surface area (Å²) in [6, 6.07) is 5.75. The lowest BCUT2D eigenvalue weighted by atomic mass is 10.2. The van der Waals surface area contributed by atoms with Gasteiger partial charge in [0.1, 0.15) is 0 Å². The van der Waals surface area contributed by atoms with Crippen LogP contribution in [0.2, 0.25) is 0 Å². The summed E-state index contributed by atoms with van der Waals surface area (Å²) in [5.74, 6) is -1.08. The molecule has 0 spiro atoms. The number of hydrazone groups is 1. The van der Waals surface area contributed by atoms with Crippen molar-refractivity contribution in [1.82, 2.24) is 0 Å². The van der Waals surface area contributed by atoms with E-state index in [0.29, 0.717) is 5.69 Å². The maximum atomic E-state index is 10.6. The number of carbonyl (C=O) groups is 1. The van der Waals surface area contributed by atoms with Gasteiger partial charge in [-0.1, -0.05) is 6.07 Å². The lowest BCUT2D eigenvalue weighted by Crippen LogP contribution is -2.06. The zero-order valence-electron chi connectivity index (χ0n) is 7.75. The van der Waals surface area contributed by atoms with Gasteiger partial charge in [0.2, 0.25) is 0 Å². The Labute approximate surface area is 98.1 Å². The fraction of sp³-hybridized carbons (Fsp3) is 0. The van der Waals surface area contributed by atoms with Crippen molar-refractivity contribution in [2.75, 3.05) is 5.43 Å². The van der Waals surface area contributed by atoms with Gasteiger partial charge in [0.15, 0.2) is 0 Å². The molecular weight excluding hydrogens is 282 g/mol. The van der Waals surface area contributed by atoms with Gasteiger partial charge in [-0.3, -0.25) is 0 Å². The molecule has 0 heterocycles. The number of anilines is 1. The third kappa shape index (κ3) is 3.31. The summed E-state index contributed by atoms with van der Waals surface area (Å²) >= 11 is 2.62. The molecule has 7 nitrogen and oxygen atoms in total. The molecular formula is C8H6BrN3O4. The minimum Gasteiger partial charge on any atom is -0.478 e. The van der Waals surface area contributed by atoms with Gasteiger partial charge in [-0.2, -0.15) is 5.43 Å². The Bertz CT molecular complexity index is 460. The van der Waals surface area contributed by atoms with E-state index in [2.05, 4.69) is 26.5 Å². The molecule has 1 aromatic rings. The van der Waals surface area contributed by atoms with Crippen LogP contribution < -0.4 is 5.43 Å². The standard InChI is InChI=1S/C8H6BrN3O4/c9-8(12(15)16)11-10-6-3-1-2-5(4-6)7(13)14/h1-4,10H,(H,13,14)/b11-8-. The second-order valence-corrected chi connectivity index (χ2v) is 3.34. The smallest absolute Gasteiger partial charge is 0.430 e. The highest BCUT2D eigenvalue weighted by atomic mass is 79.9. The number of aromatic carboxylic acids is 1. The summed E-state index contributed by atoms with van der Waals surface area (Å²) in [5, 5.41) is 22.3. The first-order valence-electron chi connectivity index (χ1n) is 3.97. The lowest BCUT2D eigenvalue weighted by molar-refractivity contribution is -0.342. The molecule has 16 heavy (non-hydrogen) atoms. The van der Waals surface area contributed by atoms with Crippen molar-refractivity contribution in [1.29, 1.82) is 0 Å². The van der Waals surface area contributed by atoms with Crippen LogP contribution in [0.15, 0.2) is 29.4 Å². The van der Waals surface area contributed by atoms with E-state index in [1.54, 1.807) is 0 Å². The first kappa shape index (κ1) is 12.1. The van der Waals surface area contributed by atoms with Crippen molar-refractivity contribution < 1.29 is 14.8 Å². The number of carboxylic acids is 1. The average Bonchev–Trinajstić information content (AvgIpc) is 2.26. The summed E-state index contributed by atoms with van der Waals surface area (Å²) in [5.41, 5.74) is 2.77. The van der Waals surface area contributed by atoms with E-state index >= 15 is 0 Å². The SMILES string of the molecule is O=C(O)c1cccc(N/N=C(/Br)[N+](=O)[O-])c1. The van der Waals surface area contributed by atoms with Gasteiger partial charge in [0.25, 0.3) is 0 Å². The number of nitrogens with zero attached hydrogens (tertiary/aromatic N) is 2. The van der Waals surface area contributed by atoms with Crippen molar-refractivity contribution in [3.63, 3.8) is 0 Å². The molecule has 0 atom stereocenters. The molecule has 0 aromatic heterocycles. The van der Waals surface area contributed by atoms with Gasteiger partial charge in [-0.25, -0.2) is 4.79 Å². The fourth-order valence-electron chi connectivity index (χ4n) is 0.873. The number of nitrogens with one attached hydrogen (secondary N) is 1. The van der Waals surface area contributed by atoms with Gasteiger partial charge in [-0.05, 0) is 23.1 Å². The Hall–Kier alpha value is -1.96. The molecule has 0 bridgehead atoms. The number of halogens is 1. The number of carboxylic acid groups (broad SMARTS) is 1. The first-order chi connectivity index (χ1) is 7.50. The highest BCUT2D eigenvalue weighted by Crippen LogP contribution is 2.10. The van der Waals surface area contributed by atoms with Gasteiger partial charge in [0, 0.05) is 0 Å². The van der Waals surface area contributed by atoms with Crippen LogP contribution in [0.4, 0.5) is 5.69 Å². The Morgan fingerprint density at radius 2 is 2.25 bits per heavy atom. The van der Waals surface area contributed by atoms with E-state index < -0.39 is 15.6 Å². The maximum Gasteiger partial charge on any atom is 0.430 e. The maximum absolute atomic E-state index is 10.6. The molecule has 0 aliphatic heterocycles. The highest BCUT2D eigenvalue weighted by molar-refractivity contribution is 9.18. The summed E-state index contributed by atoms with van der Waals surface area (Å²) in [6.07, 6.45) is 0. The predicted molar refractivity (Wildman–Crippen MR) is 60.4 cm³/mol. The lowest BCUT2D eigenvalue weighted by Gasteiger charge is -1.97. The van der Waals surface area contributed by atoms with Crippen LogP contribution in [-0.4, -0.2) is 20.7 Å². The summed E-state index contributed by atoms with van der Waals surface area (Å²) in [6.45, 7) is 0. The molecule has 0 aliphatic carbocycles. The molecule has 0 fully saturated rings. The van der Waals surface area contributed by atoms with E-state index in [-0.39, 0.29) is 5.56 Å². The zero-order chi connectivity index (χ0) is 12.1. The molecule has 0 saturated heterocycles. The van der Waals surface area contributed by atoms with Gasteiger partial charge >= 0.3 is 10.7 Å². The molecule has 8 heteroatoms. The van der Waals surface area contributed by atoms with Crippen molar-refractivity contribution in [3.8, 4) is 0 Å². The quantitative estimate of drug-likeness (QED) is 0.290. The van der Waals surface area contributed by atoms with Crippen molar-refractivity contribution in [2.24, 2.45) is 5.10 Å². The number of rotatable bonds is 3. The van der Waals surface area contributed by atoms with Gasteiger partial charge in [0.05, 0.1) is 32.3 Å². The van der Waals surface area contributed by atoms with Crippen molar-refractivity contribution in [2.45, 2.75) is 0 Å². The van der Waals surface area contributed by atoms with Crippen LogP contribution >= 0.6 is 15.9 Å². The third-order valence-electron chi connectivity index (χ3n) is 1.54. The number of hydrogen-bond acceptors (Lipinski definition) is 5. The highest BCUT2D eigenvalue weighted by Gasteiger charge is 2.07. The zero-order valence-corrected chi connectivity index (χ0v) is 9.34. The predicted octanol–water partition coefficient (Wildman–Crippen LogP) is 1.74. The number of amidine groups is 1. The Balaban J connectivity index is 2.82. The van der Waals surface area contributed by atoms with E-state index in [9.17, 15) is 14.9 Å². The molecule has 84 valence electrons. The van der Waals surface area contributed by atoms with Crippen LogP contribution in [0.25, 0.3) is 0 Å². The fourth-order valence-corrected chi connectivity index (χ4v) is 0.962. The first-order valence-corrected chi connectivity index (χ1v) is 4.77. The van der Waals surface area contributed by atoms with Crippen LogP contribution in [0.5, 0.6) is 0 Å². The normalized spacial score (nSPS) is 10.9. The monoisotopic (exact) mass is 287 g/mol. The summed E-state index contributed by atoms with van der Waals surface area (Å²) in [7, 11) is 0. The van der Waals surface area contributed by atoms with Crippen LogP contribution in [-0.2, 0) is 0 Å². The van der Waals surface area contributed by atoms with Crippen LogP contribution in [0.1, 0.15) is 10.4 Å². The van der Waals surface area contributed by atoms with Gasteiger partial charge < -0.3 is 15.2 Å². The Morgan fingerprint density at radius 1 is 1.56 bits per heavy atom. The second kappa shape index (κ2) is 5.21. The van der Waals surface area contributed by atoms with E-state index in [4.69, 9.17) is 5.11 Å². The van der Waals surface area contributed by atoms with E-state index in [1.807, 2.05) is 0 Å². The topological polar surface area (TPSA) is 105 Å².